The second-order valence-corrected chi connectivity index (χ2v) is 10.9. The molecule has 0 aromatic heterocycles. The van der Waals surface area contributed by atoms with E-state index >= 15 is 0 Å². The predicted octanol–water partition coefficient (Wildman–Crippen LogP) is 2.97. The van der Waals surface area contributed by atoms with Crippen molar-refractivity contribution in [1.82, 2.24) is 4.90 Å². The molecular formula is C21H21FN2O3S2. The molecule has 0 saturated carbocycles. The molecule has 2 aromatic carbocycles. The van der Waals surface area contributed by atoms with Gasteiger partial charge in [0.05, 0.1) is 24.0 Å². The van der Waals surface area contributed by atoms with Crippen LogP contribution >= 0.6 is 11.8 Å². The van der Waals surface area contributed by atoms with E-state index < -0.39 is 9.84 Å². The number of amides is 1. The van der Waals surface area contributed by atoms with Crippen LogP contribution in [0.1, 0.15) is 16.7 Å². The van der Waals surface area contributed by atoms with Crippen LogP contribution < -0.4 is 0 Å². The van der Waals surface area contributed by atoms with E-state index in [2.05, 4.69) is 4.99 Å². The van der Waals surface area contributed by atoms with Gasteiger partial charge >= 0.3 is 0 Å². The van der Waals surface area contributed by atoms with Crippen LogP contribution in [0.3, 0.4) is 0 Å². The van der Waals surface area contributed by atoms with Gasteiger partial charge in [0.1, 0.15) is 5.82 Å². The van der Waals surface area contributed by atoms with E-state index in [1.54, 1.807) is 12.1 Å². The predicted molar refractivity (Wildman–Crippen MR) is 113 cm³/mol. The summed E-state index contributed by atoms with van der Waals surface area (Å²) < 4.78 is 37.4. The second kappa shape index (κ2) is 7.91. The molecule has 0 aliphatic carbocycles. The van der Waals surface area contributed by atoms with Gasteiger partial charge in [0.15, 0.2) is 15.0 Å². The average molecular weight is 433 g/mol. The lowest BCUT2D eigenvalue weighted by Crippen LogP contribution is -2.37. The van der Waals surface area contributed by atoms with Crippen LogP contribution in [0.5, 0.6) is 0 Å². The van der Waals surface area contributed by atoms with Crippen LogP contribution in [-0.4, -0.2) is 47.2 Å². The van der Waals surface area contributed by atoms with Gasteiger partial charge < -0.3 is 4.90 Å². The van der Waals surface area contributed by atoms with Crippen molar-refractivity contribution in [1.29, 1.82) is 0 Å². The molecule has 2 fully saturated rings. The number of fused-ring (bicyclic) bond motifs is 1. The minimum atomic E-state index is -3.10. The third kappa shape index (κ3) is 4.70. The minimum absolute atomic E-state index is 0.0526. The van der Waals surface area contributed by atoms with Gasteiger partial charge in [-0.2, -0.15) is 4.99 Å². The van der Waals surface area contributed by atoms with Crippen LogP contribution in [0.25, 0.3) is 0 Å². The number of rotatable bonds is 4. The Labute approximate surface area is 173 Å². The largest absolute Gasteiger partial charge is 0.342 e. The van der Waals surface area contributed by atoms with Crippen molar-refractivity contribution in [3.8, 4) is 0 Å². The Morgan fingerprint density at radius 2 is 1.76 bits per heavy atom. The van der Waals surface area contributed by atoms with Gasteiger partial charge in [0.2, 0.25) is 0 Å². The van der Waals surface area contributed by atoms with E-state index in [0.29, 0.717) is 11.7 Å². The summed E-state index contributed by atoms with van der Waals surface area (Å²) in [6.07, 6.45) is 0.197. The Kier molecular flexibility index (Phi) is 5.48. The van der Waals surface area contributed by atoms with Gasteiger partial charge in [-0.3, -0.25) is 4.79 Å². The van der Waals surface area contributed by atoms with Crippen LogP contribution in [-0.2, 0) is 27.6 Å². The van der Waals surface area contributed by atoms with Crippen molar-refractivity contribution in [2.75, 3.05) is 11.5 Å². The molecule has 152 valence electrons. The number of sulfone groups is 1. The van der Waals surface area contributed by atoms with E-state index in [0.717, 1.165) is 16.7 Å². The quantitative estimate of drug-likeness (QED) is 0.743. The number of halogens is 1. The van der Waals surface area contributed by atoms with Gasteiger partial charge in [-0.25, -0.2) is 12.8 Å². The molecule has 0 unspecified atom stereocenters. The average Bonchev–Trinajstić information content (AvgIpc) is 3.11. The molecule has 2 heterocycles. The molecule has 0 radical (unpaired) electrons. The first kappa shape index (κ1) is 20.1. The minimum Gasteiger partial charge on any atom is -0.342 e. The fourth-order valence-electron chi connectivity index (χ4n) is 3.63. The summed E-state index contributed by atoms with van der Waals surface area (Å²) in [4.78, 5) is 18.8. The normalized spacial score (nSPS) is 24.1. The van der Waals surface area contributed by atoms with E-state index in [-0.39, 0.29) is 40.9 Å². The highest BCUT2D eigenvalue weighted by molar-refractivity contribution is 8.15. The maximum absolute atomic E-state index is 13.2. The molecule has 0 N–H and O–H groups in total. The summed E-state index contributed by atoms with van der Waals surface area (Å²) >= 11 is 1.36. The Morgan fingerprint density at radius 3 is 2.45 bits per heavy atom. The third-order valence-electron chi connectivity index (χ3n) is 5.14. The fourth-order valence-corrected chi connectivity index (χ4v) is 7.60. The Morgan fingerprint density at radius 1 is 1.10 bits per heavy atom. The first-order valence-corrected chi connectivity index (χ1v) is 12.0. The summed E-state index contributed by atoms with van der Waals surface area (Å²) in [6.45, 7) is 2.38. The lowest BCUT2D eigenvalue weighted by Gasteiger charge is -2.24. The summed E-state index contributed by atoms with van der Waals surface area (Å²) in [6, 6.07) is 13.6. The van der Waals surface area contributed by atoms with Crippen LogP contribution in [0.15, 0.2) is 53.5 Å². The number of aryl methyl sites for hydroxylation is 1. The highest BCUT2D eigenvalue weighted by Gasteiger charge is 2.48. The molecule has 5 nitrogen and oxygen atoms in total. The molecule has 0 bridgehead atoms. The van der Waals surface area contributed by atoms with Crippen LogP contribution in [0.4, 0.5) is 4.39 Å². The number of carbonyl (C=O) groups is 1. The lowest BCUT2D eigenvalue weighted by molar-refractivity contribution is -0.117. The van der Waals surface area contributed by atoms with Crippen molar-refractivity contribution < 1.29 is 17.6 Å². The number of thioether (sulfide) groups is 1. The summed E-state index contributed by atoms with van der Waals surface area (Å²) in [5.74, 6) is -0.443. The number of aliphatic imine (C=N–C) groups is 1. The van der Waals surface area contributed by atoms with Crippen molar-refractivity contribution in [3.05, 3.63) is 71.0 Å². The van der Waals surface area contributed by atoms with Crippen LogP contribution in [0.2, 0.25) is 0 Å². The molecule has 2 atom stereocenters. The summed E-state index contributed by atoms with van der Waals surface area (Å²) in [5, 5.41) is 0.419. The van der Waals surface area contributed by atoms with Gasteiger partial charge in [-0.05, 0) is 30.2 Å². The zero-order valence-corrected chi connectivity index (χ0v) is 17.5. The van der Waals surface area contributed by atoms with Crippen LogP contribution in [0, 0.1) is 12.7 Å². The monoisotopic (exact) mass is 432 g/mol. The van der Waals surface area contributed by atoms with Gasteiger partial charge in [0, 0.05) is 11.8 Å². The van der Waals surface area contributed by atoms with Gasteiger partial charge in [-0.1, -0.05) is 53.7 Å². The van der Waals surface area contributed by atoms with Gasteiger partial charge in [0.25, 0.3) is 5.91 Å². The number of amidine groups is 1. The van der Waals surface area contributed by atoms with Crippen molar-refractivity contribution in [2.24, 2.45) is 4.99 Å². The summed E-state index contributed by atoms with van der Waals surface area (Å²) in [7, 11) is -3.10. The molecule has 4 rings (SSSR count). The number of benzene rings is 2. The van der Waals surface area contributed by atoms with Crippen molar-refractivity contribution in [2.45, 2.75) is 31.2 Å². The second-order valence-electron chi connectivity index (χ2n) is 7.51. The lowest BCUT2D eigenvalue weighted by atomic mass is 10.1. The molecule has 2 aliphatic heterocycles. The number of nitrogens with zero attached hydrogens (tertiary/aromatic N) is 2. The third-order valence-corrected chi connectivity index (χ3v) is 8.38. The van der Waals surface area contributed by atoms with Crippen molar-refractivity contribution >= 4 is 32.7 Å². The number of carbonyl (C=O) groups excluding carboxylic acids is 1. The molecule has 2 aromatic rings. The first-order valence-electron chi connectivity index (χ1n) is 9.34. The SMILES string of the molecule is Cc1ccc(CC(=O)N=C2S[C@@H]3CS(=O)(=O)C[C@@H]3N2Cc2ccc(F)cc2)cc1. The van der Waals surface area contributed by atoms with E-state index in [1.165, 1.54) is 23.9 Å². The molecule has 29 heavy (non-hydrogen) atoms. The smallest absolute Gasteiger partial charge is 0.252 e. The topological polar surface area (TPSA) is 66.8 Å². The Balaban J connectivity index is 1.56. The molecule has 2 aliphatic rings. The molecule has 0 spiro atoms. The Hall–Kier alpha value is -2.19. The van der Waals surface area contributed by atoms with E-state index in [9.17, 15) is 17.6 Å². The highest BCUT2D eigenvalue weighted by atomic mass is 32.2. The molecule has 2 saturated heterocycles. The number of hydrogen-bond acceptors (Lipinski definition) is 4. The molecule has 1 amide bonds. The zero-order chi connectivity index (χ0) is 20.6. The maximum Gasteiger partial charge on any atom is 0.252 e. The van der Waals surface area contributed by atoms with E-state index in [4.69, 9.17) is 0 Å². The number of hydrogen-bond donors (Lipinski definition) is 0. The van der Waals surface area contributed by atoms with Crippen molar-refractivity contribution in [3.63, 3.8) is 0 Å². The molecular weight excluding hydrogens is 411 g/mol. The fraction of sp³-hybridized carbons (Fsp3) is 0.333. The highest BCUT2D eigenvalue weighted by Crippen LogP contribution is 2.39. The Bertz CT molecular complexity index is 1050. The molecule has 8 heteroatoms. The standard InChI is InChI=1S/C21H21FN2O3S2/c1-14-2-4-15(5-3-14)10-20(25)23-21-24(11-16-6-8-17(22)9-7-16)18-12-29(26,27)13-19(18)28-21/h2-9,18-19H,10-13H2,1H3/t18-,19+/m0/s1. The zero-order valence-electron chi connectivity index (χ0n) is 15.9. The van der Waals surface area contributed by atoms with Gasteiger partial charge in [-0.15, -0.1) is 0 Å². The maximum atomic E-state index is 13.2. The van der Waals surface area contributed by atoms with E-state index in [1.807, 2.05) is 36.1 Å². The first-order chi connectivity index (χ1) is 13.8. The summed E-state index contributed by atoms with van der Waals surface area (Å²) in [5.41, 5.74) is 2.86.